The fraction of sp³-hybridized carbons (Fsp3) is 0.520. The van der Waals surface area contributed by atoms with Crippen molar-refractivity contribution in [3.8, 4) is 0 Å². The first-order valence-corrected chi connectivity index (χ1v) is 13.7. The maximum absolute atomic E-state index is 12.6. The van der Waals surface area contributed by atoms with E-state index < -0.39 is 27.8 Å². The summed E-state index contributed by atoms with van der Waals surface area (Å²) in [7, 11) is -4.15. The Labute approximate surface area is 222 Å². The topological polar surface area (TPSA) is 158 Å². The second kappa shape index (κ2) is 11.5. The van der Waals surface area contributed by atoms with E-state index in [1.807, 2.05) is 25.5 Å². The van der Waals surface area contributed by atoms with Gasteiger partial charge in [0.15, 0.2) is 0 Å². The van der Waals surface area contributed by atoms with E-state index in [0.717, 1.165) is 6.42 Å². The Morgan fingerprint density at radius 3 is 2.42 bits per heavy atom. The summed E-state index contributed by atoms with van der Waals surface area (Å²) in [5.41, 5.74) is -0.0831. The lowest BCUT2D eigenvalue weighted by Crippen LogP contribution is -2.44. The molecule has 3 N–H and O–H groups in total. The van der Waals surface area contributed by atoms with E-state index in [2.05, 4.69) is 20.6 Å². The first-order valence-electron chi connectivity index (χ1n) is 12.2. The molecule has 2 atom stereocenters. The van der Waals surface area contributed by atoms with Gasteiger partial charge in [0, 0.05) is 35.6 Å². The van der Waals surface area contributed by atoms with Gasteiger partial charge in [-0.3, -0.25) is 0 Å². The molecular weight excluding hydrogens is 514 g/mol. The number of benzene rings is 1. The first kappa shape index (κ1) is 29.1. The van der Waals surface area contributed by atoms with E-state index in [9.17, 15) is 18.0 Å². The molecular formula is C25H35N5O7S. The molecule has 0 unspecified atom stereocenters. The highest BCUT2D eigenvalue weighted by Crippen LogP contribution is 2.30. The molecule has 12 nitrogen and oxygen atoms in total. The summed E-state index contributed by atoms with van der Waals surface area (Å²) in [6.45, 7) is 11.0. The molecule has 1 aromatic heterocycles. The number of nitrogens with zero attached hydrogens (tertiary/aromatic N) is 2. The van der Waals surface area contributed by atoms with Crippen LogP contribution >= 0.6 is 0 Å². The van der Waals surface area contributed by atoms with Crippen LogP contribution in [0.25, 0.3) is 0 Å². The van der Waals surface area contributed by atoms with Gasteiger partial charge in [0.2, 0.25) is 5.95 Å². The minimum absolute atomic E-state index is 0.137. The number of carbonyl (C=O) groups excluding carboxylic acids is 2. The maximum Gasteiger partial charge on any atom is 0.421 e. The number of nitrogens with one attached hydrogen (secondary N) is 3. The van der Waals surface area contributed by atoms with Crippen LogP contribution in [-0.2, 0) is 24.2 Å². The summed E-state index contributed by atoms with van der Waals surface area (Å²) >= 11 is 0. The Morgan fingerprint density at radius 2 is 1.79 bits per heavy atom. The van der Waals surface area contributed by atoms with Crippen LogP contribution in [0.3, 0.4) is 0 Å². The molecule has 0 aliphatic carbocycles. The van der Waals surface area contributed by atoms with Crippen LogP contribution in [-0.4, -0.2) is 54.4 Å². The smallest absolute Gasteiger partial charge is 0.421 e. The fourth-order valence-electron chi connectivity index (χ4n) is 3.36. The van der Waals surface area contributed by atoms with Gasteiger partial charge in [-0.2, -0.15) is 0 Å². The number of alkyl carbamates (subject to hydrolysis) is 1. The highest BCUT2D eigenvalue weighted by atomic mass is 32.2. The summed E-state index contributed by atoms with van der Waals surface area (Å²) in [6.07, 6.45) is 2.17. The monoisotopic (exact) mass is 549 g/mol. The molecule has 0 spiro atoms. The average molecular weight is 550 g/mol. The third-order valence-corrected chi connectivity index (χ3v) is 6.93. The molecule has 0 radical (unpaired) electrons. The summed E-state index contributed by atoms with van der Waals surface area (Å²) in [6, 6.07) is 5.85. The van der Waals surface area contributed by atoms with E-state index in [4.69, 9.17) is 14.2 Å². The average Bonchev–Trinajstić information content (AvgIpc) is 3.26. The van der Waals surface area contributed by atoms with Crippen molar-refractivity contribution in [3.05, 3.63) is 42.2 Å². The number of carbonyl (C=O) groups is 2. The summed E-state index contributed by atoms with van der Waals surface area (Å²) < 4.78 is 43.3. The van der Waals surface area contributed by atoms with Gasteiger partial charge in [-0.15, -0.1) is 0 Å². The Balaban J connectivity index is 1.58. The van der Waals surface area contributed by atoms with Crippen molar-refractivity contribution >= 4 is 33.8 Å². The summed E-state index contributed by atoms with van der Waals surface area (Å²) in [5, 5.41) is 5.77. The molecule has 1 fully saturated rings. The van der Waals surface area contributed by atoms with Gasteiger partial charge in [-0.25, -0.2) is 32.7 Å². The van der Waals surface area contributed by atoms with Crippen LogP contribution in [0, 0.1) is 0 Å². The number of amides is 2. The van der Waals surface area contributed by atoms with Crippen molar-refractivity contribution < 1.29 is 32.2 Å². The van der Waals surface area contributed by atoms with Crippen LogP contribution in [0.15, 0.2) is 41.6 Å². The third-order valence-electron chi connectivity index (χ3n) is 5.62. The van der Waals surface area contributed by atoms with Gasteiger partial charge < -0.3 is 24.8 Å². The number of aromatic nitrogens is 2. The van der Waals surface area contributed by atoms with Crippen LogP contribution < -0.4 is 15.4 Å². The van der Waals surface area contributed by atoms with E-state index in [0.29, 0.717) is 17.7 Å². The molecule has 2 heterocycles. The van der Waals surface area contributed by atoms with Gasteiger partial charge in [0.1, 0.15) is 11.7 Å². The maximum atomic E-state index is 12.6. The van der Waals surface area contributed by atoms with Crippen molar-refractivity contribution in [3.63, 3.8) is 0 Å². The highest BCUT2D eigenvalue weighted by molar-refractivity contribution is 7.90. The van der Waals surface area contributed by atoms with Crippen molar-refractivity contribution in [2.24, 2.45) is 0 Å². The van der Waals surface area contributed by atoms with Gasteiger partial charge in [0.25, 0.3) is 10.0 Å². The van der Waals surface area contributed by atoms with E-state index >= 15 is 0 Å². The zero-order valence-electron chi connectivity index (χ0n) is 22.4. The number of ether oxygens (including phenoxy) is 3. The fourth-order valence-corrected chi connectivity index (χ4v) is 4.28. The molecule has 38 heavy (non-hydrogen) atoms. The lowest BCUT2D eigenvalue weighted by molar-refractivity contribution is 0.0569. The second-order valence-corrected chi connectivity index (χ2v) is 12.2. The predicted molar refractivity (Wildman–Crippen MR) is 139 cm³/mol. The number of hydrogen-bond acceptors (Lipinski definition) is 10. The molecule has 1 aliphatic rings. The van der Waals surface area contributed by atoms with Crippen LogP contribution in [0.1, 0.15) is 66.1 Å². The van der Waals surface area contributed by atoms with Crippen molar-refractivity contribution in [1.82, 2.24) is 20.0 Å². The van der Waals surface area contributed by atoms with E-state index in [-0.39, 0.29) is 35.2 Å². The zero-order valence-corrected chi connectivity index (χ0v) is 23.2. The molecule has 208 valence electrons. The molecule has 2 amide bonds. The molecule has 0 saturated carbocycles. The molecule has 3 rings (SSSR count). The SMILES string of the molecule is CCC(C)(C)NC(=O)O[C@H]1CO[C@@H](c2cnc(Nc3cccc(S(=O)(=O)NC(=O)OC(C)(C)C)c3)nc2)C1. The van der Waals surface area contributed by atoms with Crippen molar-refractivity contribution in [2.75, 3.05) is 11.9 Å². The summed E-state index contributed by atoms with van der Waals surface area (Å²) in [4.78, 5) is 32.5. The van der Waals surface area contributed by atoms with Crippen LogP contribution in [0.2, 0.25) is 0 Å². The lowest BCUT2D eigenvalue weighted by atomic mass is 10.0. The third kappa shape index (κ3) is 8.55. The minimum atomic E-state index is -4.15. The van der Waals surface area contributed by atoms with E-state index in [1.165, 1.54) is 18.2 Å². The normalized spacial score (nSPS) is 17.9. The lowest BCUT2D eigenvalue weighted by Gasteiger charge is -2.24. The Morgan fingerprint density at radius 1 is 1.11 bits per heavy atom. The molecule has 0 bridgehead atoms. The molecule has 1 saturated heterocycles. The molecule has 2 aromatic rings. The zero-order chi connectivity index (χ0) is 28.1. The predicted octanol–water partition coefficient (Wildman–Crippen LogP) is 4.18. The Hall–Kier alpha value is -3.45. The van der Waals surface area contributed by atoms with Gasteiger partial charge in [0.05, 0.1) is 17.6 Å². The quantitative estimate of drug-likeness (QED) is 0.436. The molecule has 1 aliphatic heterocycles. The van der Waals surface area contributed by atoms with Gasteiger partial charge >= 0.3 is 12.2 Å². The number of anilines is 2. The van der Waals surface area contributed by atoms with Crippen molar-refractivity contribution in [2.45, 2.75) is 82.6 Å². The molecule has 1 aromatic carbocycles. The number of hydrogen-bond donors (Lipinski definition) is 3. The highest BCUT2D eigenvalue weighted by Gasteiger charge is 2.31. The van der Waals surface area contributed by atoms with Gasteiger partial charge in [-0.1, -0.05) is 13.0 Å². The Kier molecular flexibility index (Phi) is 8.82. The van der Waals surface area contributed by atoms with Crippen LogP contribution in [0.5, 0.6) is 0 Å². The largest absolute Gasteiger partial charge is 0.444 e. The number of sulfonamides is 1. The van der Waals surface area contributed by atoms with Gasteiger partial charge in [-0.05, 0) is 59.2 Å². The first-order chi connectivity index (χ1) is 17.7. The molecule has 13 heteroatoms. The van der Waals surface area contributed by atoms with Crippen molar-refractivity contribution in [1.29, 1.82) is 0 Å². The van der Waals surface area contributed by atoms with E-state index in [1.54, 1.807) is 39.2 Å². The number of rotatable bonds is 8. The standard InChI is InChI=1S/C25H35N5O7S/c1-7-25(5,6)29-22(31)36-18-12-20(35-15-18)16-13-26-21(27-14-16)28-17-9-8-10-19(11-17)38(33,34)30-23(32)37-24(2,3)4/h8-11,13-14,18,20H,7,12,15H2,1-6H3,(H,29,31)(H,30,32)(H,26,27,28)/t18-,20-/m1/s1. The second-order valence-electron chi connectivity index (χ2n) is 10.5. The van der Waals surface area contributed by atoms with Crippen LogP contribution in [0.4, 0.5) is 21.2 Å². The minimum Gasteiger partial charge on any atom is -0.444 e. The Bertz CT molecular complexity index is 1240. The summed E-state index contributed by atoms with van der Waals surface area (Å²) in [5.74, 6) is 0.232.